The quantitative estimate of drug-likeness (QED) is 0.670. The standard InChI is InChI=1S/C17H12FN5O2/c1-10-20-21-16-9-19-17(12-4-2-3-5-14(12)18)13-8-11(23(24)25)6-7-15(13)22(10)16/h2-8H,9H2,1H3/q-2. The Balaban J connectivity index is 2.02. The summed E-state index contributed by atoms with van der Waals surface area (Å²) >= 11 is 0. The van der Waals surface area contributed by atoms with E-state index in [9.17, 15) is 14.8 Å². The Morgan fingerprint density at radius 3 is 2.64 bits per heavy atom. The van der Waals surface area contributed by atoms with Crippen molar-refractivity contribution >= 4 is 11.4 Å². The van der Waals surface area contributed by atoms with Gasteiger partial charge in [-0.2, -0.15) is 0 Å². The van der Waals surface area contributed by atoms with Gasteiger partial charge in [-0.05, 0) is 37.3 Å². The van der Waals surface area contributed by atoms with E-state index in [1.165, 1.54) is 18.2 Å². The first kappa shape index (κ1) is 15.4. The normalized spacial score (nSPS) is 12.9. The summed E-state index contributed by atoms with van der Waals surface area (Å²) in [6.45, 7) is 1.99. The Morgan fingerprint density at radius 1 is 1.08 bits per heavy atom. The number of benzene rings is 2. The first-order chi connectivity index (χ1) is 12.1. The van der Waals surface area contributed by atoms with E-state index in [1.807, 2.05) is 0 Å². The van der Waals surface area contributed by atoms with Gasteiger partial charge in [0.1, 0.15) is 18.2 Å². The fourth-order valence-corrected chi connectivity index (χ4v) is 2.96. The Morgan fingerprint density at radius 2 is 1.88 bits per heavy atom. The van der Waals surface area contributed by atoms with Gasteiger partial charge in [0, 0.05) is 16.8 Å². The van der Waals surface area contributed by atoms with Crippen molar-refractivity contribution < 1.29 is 4.39 Å². The molecule has 0 fully saturated rings. The predicted octanol–water partition coefficient (Wildman–Crippen LogP) is 2.87. The molecule has 1 aliphatic rings. The van der Waals surface area contributed by atoms with Crippen molar-refractivity contribution in [3.8, 4) is 5.69 Å². The molecular formula is C17H12FN5O2-2. The second-order valence-electron chi connectivity index (χ2n) is 5.60. The van der Waals surface area contributed by atoms with E-state index in [-0.39, 0.29) is 12.2 Å². The van der Waals surface area contributed by atoms with Gasteiger partial charge >= 0.3 is 0 Å². The van der Waals surface area contributed by atoms with Crippen LogP contribution in [0.5, 0.6) is 0 Å². The number of rotatable bonds is 2. The van der Waals surface area contributed by atoms with E-state index in [1.54, 1.807) is 35.8 Å². The van der Waals surface area contributed by atoms with E-state index < -0.39 is 11.0 Å². The van der Waals surface area contributed by atoms with Crippen molar-refractivity contribution in [3.05, 3.63) is 81.5 Å². The molecule has 7 nitrogen and oxygen atoms in total. The van der Waals surface area contributed by atoms with Crippen LogP contribution in [0.1, 0.15) is 22.8 Å². The van der Waals surface area contributed by atoms with Crippen LogP contribution in [0.15, 0.2) is 47.5 Å². The van der Waals surface area contributed by atoms with Crippen LogP contribution >= 0.6 is 0 Å². The summed E-state index contributed by atoms with van der Waals surface area (Å²) in [7, 11) is 0. The monoisotopic (exact) mass is 337 g/mol. The molecule has 0 N–H and O–H groups in total. The highest BCUT2D eigenvalue weighted by molar-refractivity contribution is 6.15. The minimum absolute atomic E-state index is 0.0861. The Labute approximate surface area is 142 Å². The molecule has 8 heteroatoms. The molecule has 0 atom stereocenters. The highest BCUT2D eigenvalue weighted by atomic mass is 19.1. The van der Waals surface area contributed by atoms with Crippen LogP contribution in [0.25, 0.3) is 5.69 Å². The number of fused-ring (bicyclic) bond motifs is 3. The molecule has 3 aromatic rings. The van der Waals surface area contributed by atoms with E-state index in [0.717, 1.165) is 0 Å². The second-order valence-corrected chi connectivity index (χ2v) is 5.60. The lowest BCUT2D eigenvalue weighted by atomic mass is 9.99. The minimum Gasteiger partial charge on any atom is -0.769 e. The first-order valence-electron chi connectivity index (χ1n) is 7.55. The zero-order valence-electron chi connectivity index (χ0n) is 13.2. The summed E-state index contributed by atoms with van der Waals surface area (Å²) in [5.41, 5.74) is 1.68. The third-order valence-electron chi connectivity index (χ3n) is 4.09. The van der Waals surface area contributed by atoms with Crippen LogP contribution < -0.4 is 5.23 Å². The molecule has 0 saturated heterocycles. The van der Waals surface area contributed by atoms with E-state index in [0.29, 0.717) is 34.2 Å². The smallest absolute Gasteiger partial charge is 0.159 e. The lowest BCUT2D eigenvalue weighted by Crippen LogP contribution is -2.12. The molecule has 126 valence electrons. The lowest BCUT2D eigenvalue weighted by molar-refractivity contribution is 0.625. The highest BCUT2D eigenvalue weighted by Crippen LogP contribution is 2.29. The summed E-state index contributed by atoms with van der Waals surface area (Å²) in [4.78, 5) is 4.48. The average molecular weight is 337 g/mol. The average Bonchev–Trinajstić information content (AvgIpc) is 2.88. The number of aliphatic imine (C=N–C) groups is 1. The molecule has 0 bridgehead atoms. The number of aromatic nitrogens is 3. The first-order valence-corrected chi connectivity index (χ1v) is 7.55. The van der Waals surface area contributed by atoms with Crippen LogP contribution in [0.2, 0.25) is 0 Å². The van der Waals surface area contributed by atoms with Crippen LogP contribution in [0, 0.1) is 23.2 Å². The third kappa shape index (κ3) is 2.48. The molecule has 4 rings (SSSR count). The second kappa shape index (κ2) is 5.76. The summed E-state index contributed by atoms with van der Waals surface area (Å²) in [5.74, 6) is 0.794. The number of anilines is 1. The molecule has 0 saturated carbocycles. The summed E-state index contributed by atoms with van der Waals surface area (Å²) in [6.07, 6.45) is 0. The molecule has 0 unspecified atom stereocenters. The maximum atomic E-state index is 14.3. The van der Waals surface area contributed by atoms with Crippen molar-refractivity contribution in [3.63, 3.8) is 0 Å². The molecule has 0 radical (unpaired) electrons. The van der Waals surface area contributed by atoms with Gasteiger partial charge in [-0.25, -0.2) is 4.39 Å². The summed E-state index contributed by atoms with van der Waals surface area (Å²) in [6, 6.07) is 10.7. The Bertz CT molecular complexity index is 996. The SMILES string of the molecule is Cc1nnc2n1-c1ccc(N([O-])[O-])cc1C(c1ccccc1F)=NC2. The van der Waals surface area contributed by atoms with Gasteiger partial charge in [0.25, 0.3) is 0 Å². The van der Waals surface area contributed by atoms with Gasteiger partial charge in [0.2, 0.25) is 0 Å². The van der Waals surface area contributed by atoms with Gasteiger partial charge in [0.05, 0.1) is 11.4 Å². The lowest BCUT2D eigenvalue weighted by Gasteiger charge is -2.38. The predicted molar refractivity (Wildman–Crippen MR) is 91.1 cm³/mol. The highest BCUT2D eigenvalue weighted by Gasteiger charge is 2.23. The van der Waals surface area contributed by atoms with Gasteiger partial charge in [-0.15, -0.1) is 10.2 Å². The van der Waals surface area contributed by atoms with Crippen LogP contribution in [0.3, 0.4) is 0 Å². The fraction of sp³-hybridized carbons (Fsp3) is 0.118. The number of aryl methyl sites for hydroxylation is 1. The van der Waals surface area contributed by atoms with Crippen molar-refractivity contribution in [2.24, 2.45) is 4.99 Å². The molecule has 0 amide bonds. The van der Waals surface area contributed by atoms with E-state index >= 15 is 0 Å². The summed E-state index contributed by atoms with van der Waals surface area (Å²) < 4.78 is 16.1. The zero-order valence-corrected chi connectivity index (χ0v) is 13.2. The van der Waals surface area contributed by atoms with Crippen molar-refractivity contribution in [2.75, 3.05) is 5.23 Å². The molecule has 25 heavy (non-hydrogen) atoms. The molecule has 0 spiro atoms. The molecule has 0 aliphatic carbocycles. The fourth-order valence-electron chi connectivity index (χ4n) is 2.96. The maximum Gasteiger partial charge on any atom is 0.159 e. The van der Waals surface area contributed by atoms with Crippen molar-refractivity contribution in [2.45, 2.75) is 13.5 Å². The molecule has 1 aromatic heterocycles. The van der Waals surface area contributed by atoms with E-state index in [4.69, 9.17) is 0 Å². The van der Waals surface area contributed by atoms with Crippen LogP contribution in [-0.2, 0) is 6.54 Å². The largest absolute Gasteiger partial charge is 0.769 e. The van der Waals surface area contributed by atoms with Crippen LogP contribution in [-0.4, -0.2) is 20.5 Å². The van der Waals surface area contributed by atoms with Gasteiger partial charge < -0.3 is 15.6 Å². The minimum atomic E-state index is -0.482. The summed E-state index contributed by atoms with van der Waals surface area (Å²) in [5, 5.41) is 30.1. The third-order valence-corrected chi connectivity index (χ3v) is 4.09. The van der Waals surface area contributed by atoms with Gasteiger partial charge in [0.15, 0.2) is 5.82 Å². The molecule has 1 aliphatic heterocycles. The topological polar surface area (TPSA) is 92.4 Å². The Kier molecular flexibility index (Phi) is 3.56. The van der Waals surface area contributed by atoms with Gasteiger partial charge in [-0.1, -0.05) is 12.1 Å². The number of hydrogen-bond acceptors (Lipinski definition) is 6. The molecule has 2 aromatic carbocycles. The maximum absolute atomic E-state index is 14.3. The Hall–Kier alpha value is -3.10. The number of hydrogen-bond donors (Lipinski definition) is 0. The number of halogens is 1. The van der Waals surface area contributed by atoms with Crippen LogP contribution in [0.4, 0.5) is 10.1 Å². The van der Waals surface area contributed by atoms with Crippen molar-refractivity contribution in [1.82, 2.24) is 14.8 Å². The number of nitrogens with zero attached hydrogens (tertiary/aromatic N) is 5. The van der Waals surface area contributed by atoms with E-state index in [2.05, 4.69) is 15.2 Å². The molecular weight excluding hydrogens is 325 g/mol. The van der Waals surface area contributed by atoms with Gasteiger partial charge in [-0.3, -0.25) is 9.56 Å². The molecule has 2 heterocycles. The van der Waals surface area contributed by atoms with Crippen molar-refractivity contribution in [1.29, 1.82) is 0 Å². The zero-order chi connectivity index (χ0) is 17.6.